The number of hydrogen-bond donors (Lipinski definition) is 0. The largest absolute Gasteiger partial charge is 0.285 e. The van der Waals surface area contributed by atoms with Crippen molar-refractivity contribution in [1.82, 2.24) is 19.7 Å². The summed E-state index contributed by atoms with van der Waals surface area (Å²) in [5, 5.41) is 4.41. The number of hydrogen-bond acceptors (Lipinski definition) is 4. The van der Waals surface area contributed by atoms with E-state index in [2.05, 4.69) is 15.1 Å². The topological polar surface area (TPSA) is 60.7 Å². The summed E-state index contributed by atoms with van der Waals surface area (Å²) in [6.07, 6.45) is 5.86. The minimum Gasteiger partial charge on any atom is -0.285 e. The lowest BCUT2D eigenvalue weighted by molar-refractivity contribution is 0.102. The van der Waals surface area contributed by atoms with Crippen LogP contribution in [0.25, 0.3) is 0 Å². The van der Waals surface area contributed by atoms with Crippen LogP contribution in [-0.2, 0) is 0 Å². The standard InChI is InChI=1S/C11H11ClN4O/c1-7(2)16-10(8(12)5-15-16)11(17)9-6-13-3-4-14-9/h3-7H,1-2H3. The molecule has 2 aromatic rings. The van der Waals surface area contributed by atoms with E-state index in [1.807, 2.05) is 13.8 Å². The fourth-order valence-electron chi connectivity index (χ4n) is 1.48. The van der Waals surface area contributed by atoms with E-state index in [0.717, 1.165) is 0 Å². The molecule has 0 bridgehead atoms. The van der Waals surface area contributed by atoms with Crippen LogP contribution < -0.4 is 0 Å². The highest BCUT2D eigenvalue weighted by Crippen LogP contribution is 2.21. The normalized spacial score (nSPS) is 10.8. The molecule has 0 unspecified atom stereocenters. The first-order valence-corrected chi connectivity index (χ1v) is 5.52. The van der Waals surface area contributed by atoms with Gasteiger partial charge in [-0.2, -0.15) is 5.10 Å². The van der Waals surface area contributed by atoms with Crippen molar-refractivity contribution in [3.8, 4) is 0 Å². The van der Waals surface area contributed by atoms with Gasteiger partial charge in [-0.25, -0.2) is 4.98 Å². The Morgan fingerprint density at radius 3 is 2.71 bits per heavy atom. The lowest BCUT2D eigenvalue weighted by Crippen LogP contribution is -2.15. The summed E-state index contributed by atoms with van der Waals surface area (Å²) in [4.78, 5) is 20.0. The van der Waals surface area contributed by atoms with Gasteiger partial charge in [0.05, 0.1) is 17.4 Å². The van der Waals surface area contributed by atoms with Crippen molar-refractivity contribution in [2.45, 2.75) is 19.9 Å². The quantitative estimate of drug-likeness (QED) is 0.783. The van der Waals surface area contributed by atoms with Gasteiger partial charge >= 0.3 is 0 Å². The summed E-state index contributed by atoms with van der Waals surface area (Å²) >= 11 is 5.98. The van der Waals surface area contributed by atoms with Crippen molar-refractivity contribution in [2.24, 2.45) is 0 Å². The van der Waals surface area contributed by atoms with Crippen LogP contribution in [0.15, 0.2) is 24.8 Å². The van der Waals surface area contributed by atoms with Gasteiger partial charge in [-0.15, -0.1) is 0 Å². The van der Waals surface area contributed by atoms with E-state index in [1.165, 1.54) is 24.8 Å². The minimum atomic E-state index is -0.269. The molecular weight excluding hydrogens is 240 g/mol. The molecule has 0 aromatic carbocycles. The Bertz CT molecular complexity index is 536. The average Bonchev–Trinajstić information content (AvgIpc) is 2.71. The highest BCUT2D eigenvalue weighted by atomic mass is 35.5. The lowest BCUT2D eigenvalue weighted by Gasteiger charge is -2.09. The van der Waals surface area contributed by atoms with Gasteiger partial charge in [0, 0.05) is 18.4 Å². The average molecular weight is 251 g/mol. The van der Waals surface area contributed by atoms with Crippen LogP contribution in [0.3, 0.4) is 0 Å². The van der Waals surface area contributed by atoms with E-state index in [-0.39, 0.29) is 17.5 Å². The van der Waals surface area contributed by atoms with Gasteiger partial charge < -0.3 is 0 Å². The van der Waals surface area contributed by atoms with Crippen LogP contribution in [0.5, 0.6) is 0 Å². The lowest BCUT2D eigenvalue weighted by atomic mass is 10.2. The fraction of sp³-hybridized carbons (Fsp3) is 0.273. The molecule has 2 aromatic heterocycles. The van der Waals surface area contributed by atoms with Gasteiger partial charge in [-0.3, -0.25) is 14.5 Å². The monoisotopic (exact) mass is 250 g/mol. The van der Waals surface area contributed by atoms with E-state index < -0.39 is 0 Å². The summed E-state index contributed by atoms with van der Waals surface area (Å²) in [5.74, 6) is -0.269. The molecule has 17 heavy (non-hydrogen) atoms. The zero-order chi connectivity index (χ0) is 12.4. The zero-order valence-corrected chi connectivity index (χ0v) is 10.2. The van der Waals surface area contributed by atoms with Gasteiger partial charge in [-0.05, 0) is 13.8 Å². The third kappa shape index (κ3) is 2.19. The molecule has 0 N–H and O–H groups in total. The number of halogens is 1. The molecule has 88 valence electrons. The fourth-order valence-corrected chi connectivity index (χ4v) is 1.70. The maximum absolute atomic E-state index is 12.2. The Kier molecular flexibility index (Phi) is 3.19. The predicted octanol–water partition coefficient (Wildman–Crippen LogP) is 2.14. The van der Waals surface area contributed by atoms with Gasteiger partial charge in [0.25, 0.3) is 0 Å². The number of ketones is 1. The molecule has 0 fully saturated rings. The number of nitrogens with zero attached hydrogens (tertiary/aromatic N) is 4. The first kappa shape index (κ1) is 11.7. The third-order valence-corrected chi connectivity index (χ3v) is 2.53. The molecule has 0 amide bonds. The molecule has 0 atom stereocenters. The molecule has 0 spiro atoms. The summed E-state index contributed by atoms with van der Waals surface area (Å²) in [6, 6.07) is 0.0538. The molecule has 6 heteroatoms. The Hall–Kier alpha value is -1.75. The Labute approximate surface area is 103 Å². The highest BCUT2D eigenvalue weighted by Gasteiger charge is 2.21. The van der Waals surface area contributed by atoms with Crippen molar-refractivity contribution >= 4 is 17.4 Å². The van der Waals surface area contributed by atoms with Crippen LogP contribution in [0.2, 0.25) is 5.02 Å². The number of carbonyl (C=O) groups excluding carboxylic acids is 1. The summed E-state index contributed by atoms with van der Waals surface area (Å²) in [6.45, 7) is 3.85. The van der Waals surface area contributed by atoms with E-state index >= 15 is 0 Å². The van der Waals surface area contributed by atoms with E-state index in [1.54, 1.807) is 4.68 Å². The van der Waals surface area contributed by atoms with Crippen molar-refractivity contribution in [3.63, 3.8) is 0 Å². The summed E-state index contributed by atoms with van der Waals surface area (Å²) in [7, 11) is 0. The first-order valence-electron chi connectivity index (χ1n) is 5.15. The smallest absolute Gasteiger partial charge is 0.232 e. The molecular formula is C11H11ClN4O. The summed E-state index contributed by atoms with van der Waals surface area (Å²) < 4.78 is 1.58. The molecule has 2 rings (SSSR count). The Balaban J connectivity index is 2.48. The molecule has 0 aliphatic heterocycles. The summed E-state index contributed by atoms with van der Waals surface area (Å²) in [5.41, 5.74) is 0.610. The van der Waals surface area contributed by atoms with Crippen molar-refractivity contribution in [3.05, 3.63) is 41.2 Å². The molecule has 2 heterocycles. The molecule has 0 radical (unpaired) electrons. The zero-order valence-electron chi connectivity index (χ0n) is 9.46. The van der Waals surface area contributed by atoms with Crippen molar-refractivity contribution < 1.29 is 4.79 Å². The van der Waals surface area contributed by atoms with Crippen LogP contribution in [0.1, 0.15) is 36.1 Å². The second-order valence-corrected chi connectivity index (χ2v) is 4.21. The van der Waals surface area contributed by atoms with E-state index in [0.29, 0.717) is 10.7 Å². The predicted molar refractivity (Wildman–Crippen MR) is 63.1 cm³/mol. The maximum atomic E-state index is 12.2. The maximum Gasteiger partial charge on any atom is 0.232 e. The minimum absolute atomic E-state index is 0.0538. The van der Waals surface area contributed by atoms with Crippen LogP contribution >= 0.6 is 11.6 Å². The number of aromatic nitrogens is 4. The van der Waals surface area contributed by atoms with E-state index in [9.17, 15) is 4.79 Å². The number of rotatable bonds is 3. The van der Waals surface area contributed by atoms with Crippen molar-refractivity contribution in [2.75, 3.05) is 0 Å². The first-order chi connectivity index (χ1) is 8.11. The van der Waals surface area contributed by atoms with Crippen molar-refractivity contribution in [1.29, 1.82) is 0 Å². The highest BCUT2D eigenvalue weighted by molar-refractivity contribution is 6.34. The Morgan fingerprint density at radius 1 is 1.35 bits per heavy atom. The van der Waals surface area contributed by atoms with Crippen LogP contribution in [-0.4, -0.2) is 25.5 Å². The van der Waals surface area contributed by atoms with Gasteiger partial charge in [0.1, 0.15) is 11.4 Å². The third-order valence-electron chi connectivity index (χ3n) is 2.25. The number of carbonyl (C=O) groups is 1. The second kappa shape index (κ2) is 4.63. The molecule has 0 saturated carbocycles. The second-order valence-electron chi connectivity index (χ2n) is 3.80. The SMILES string of the molecule is CC(C)n1ncc(Cl)c1C(=O)c1cnccn1. The van der Waals surface area contributed by atoms with Gasteiger partial charge in [-0.1, -0.05) is 11.6 Å². The molecule has 5 nitrogen and oxygen atoms in total. The molecule has 0 aliphatic rings. The van der Waals surface area contributed by atoms with Crippen LogP contribution in [0.4, 0.5) is 0 Å². The van der Waals surface area contributed by atoms with Crippen LogP contribution in [0, 0.1) is 0 Å². The van der Waals surface area contributed by atoms with Gasteiger partial charge in [0.2, 0.25) is 5.78 Å². The molecule has 0 saturated heterocycles. The van der Waals surface area contributed by atoms with E-state index in [4.69, 9.17) is 11.6 Å². The molecule has 0 aliphatic carbocycles. The van der Waals surface area contributed by atoms with Gasteiger partial charge in [0.15, 0.2) is 0 Å². The Morgan fingerprint density at radius 2 is 2.12 bits per heavy atom.